The number of ether oxygens (including phenoxy) is 1. The van der Waals surface area contributed by atoms with Gasteiger partial charge in [0.25, 0.3) is 0 Å². The number of benzene rings is 2. The van der Waals surface area contributed by atoms with E-state index in [1.165, 1.54) is 11.8 Å². The van der Waals surface area contributed by atoms with Crippen molar-refractivity contribution in [1.29, 1.82) is 0 Å². The van der Waals surface area contributed by atoms with Crippen LogP contribution >= 0.6 is 23.4 Å². The quantitative estimate of drug-likeness (QED) is 0.347. The number of aryl methyl sites for hydroxylation is 3. The normalized spacial score (nSPS) is 10.7. The van der Waals surface area contributed by atoms with Crippen molar-refractivity contribution in [3.63, 3.8) is 0 Å². The third-order valence-electron chi connectivity index (χ3n) is 4.60. The average Bonchev–Trinajstić information content (AvgIpc) is 3.12. The highest BCUT2D eigenvalue weighted by atomic mass is 35.5. The zero-order valence-electron chi connectivity index (χ0n) is 17.8. The van der Waals surface area contributed by atoms with Gasteiger partial charge in [-0.3, -0.25) is 9.36 Å². The number of allylic oxidation sites excluding steroid dienone is 1. The first-order chi connectivity index (χ1) is 14.9. The molecule has 0 saturated heterocycles. The third kappa shape index (κ3) is 6.12. The van der Waals surface area contributed by atoms with Crippen LogP contribution in [0.1, 0.15) is 22.5 Å². The van der Waals surface area contributed by atoms with Gasteiger partial charge in [0.2, 0.25) is 5.91 Å². The van der Waals surface area contributed by atoms with Crippen LogP contribution in [0.3, 0.4) is 0 Å². The molecule has 1 aromatic heterocycles. The molecule has 0 aliphatic heterocycles. The predicted octanol–water partition coefficient (Wildman–Crippen LogP) is 5.35. The Labute approximate surface area is 191 Å². The molecule has 0 aliphatic carbocycles. The van der Waals surface area contributed by atoms with E-state index in [-0.39, 0.29) is 18.3 Å². The van der Waals surface area contributed by atoms with Crippen LogP contribution in [0.2, 0.25) is 5.02 Å². The summed E-state index contributed by atoms with van der Waals surface area (Å²) in [6.45, 7) is 10.5. The van der Waals surface area contributed by atoms with Gasteiger partial charge in [0.05, 0.1) is 5.75 Å². The van der Waals surface area contributed by atoms with E-state index in [4.69, 9.17) is 16.3 Å². The van der Waals surface area contributed by atoms with Gasteiger partial charge in [-0.2, -0.15) is 0 Å². The van der Waals surface area contributed by atoms with Gasteiger partial charge >= 0.3 is 0 Å². The topological polar surface area (TPSA) is 69.0 Å². The van der Waals surface area contributed by atoms with Crippen LogP contribution in [0, 0.1) is 20.8 Å². The Morgan fingerprint density at radius 2 is 2.00 bits per heavy atom. The molecule has 1 amide bonds. The summed E-state index contributed by atoms with van der Waals surface area (Å²) < 4.78 is 7.75. The second-order valence-corrected chi connectivity index (χ2v) is 8.50. The maximum absolute atomic E-state index is 12.5. The van der Waals surface area contributed by atoms with Crippen molar-refractivity contribution >= 4 is 35.0 Å². The van der Waals surface area contributed by atoms with E-state index in [9.17, 15) is 4.79 Å². The minimum absolute atomic E-state index is 0.0960. The molecule has 0 unspecified atom stereocenters. The van der Waals surface area contributed by atoms with Crippen LogP contribution < -0.4 is 10.1 Å². The number of nitrogens with one attached hydrogen (secondary N) is 1. The van der Waals surface area contributed by atoms with Crippen molar-refractivity contribution in [2.24, 2.45) is 0 Å². The summed E-state index contributed by atoms with van der Waals surface area (Å²) in [6.07, 6.45) is 1.76. The monoisotopic (exact) mass is 456 g/mol. The van der Waals surface area contributed by atoms with Gasteiger partial charge in [-0.15, -0.1) is 16.8 Å². The summed E-state index contributed by atoms with van der Waals surface area (Å²) >= 11 is 7.39. The molecule has 0 fully saturated rings. The van der Waals surface area contributed by atoms with Crippen LogP contribution in [0.5, 0.6) is 5.75 Å². The van der Waals surface area contributed by atoms with Crippen LogP contribution in [-0.4, -0.2) is 26.4 Å². The molecule has 0 bridgehead atoms. The second-order valence-electron chi connectivity index (χ2n) is 7.15. The summed E-state index contributed by atoms with van der Waals surface area (Å²) in [5.41, 5.74) is 3.89. The number of rotatable bonds is 9. The van der Waals surface area contributed by atoms with Crippen LogP contribution in [-0.2, 0) is 17.9 Å². The number of anilines is 1. The smallest absolute Gasteiger partial charge is 0.234 e. The summed E-state index contributed by atoms with van der Waals surface area (Å²) in [5, 5.41) is 12.8. The van der Waals surface area contributed by atoms with Crippen molar-refractivity contribution in [2.75, 3.05) is 11.1 Å². The third-order valence-corrected chi connectivity index (χ3v) is 5.99. The molecule has 3 aromatic rings. The number of carbonyl (C=O) groups is 1. The Morgan fingerprint density at radius 3 is 2.74 bits per heavy atom. The van der Waals surface area contributed by atoms with Gasteiger partial charge in [0.15, 0.2) is 11.0 Å². The van der Waals surface area contributed by atoms with Gasteiger partial charge < -0.3 is 10.1 Å². The first kappa shape index (κ1) is 22.9. The number of halogens is 1. The Bertz CT molecular complexity index is 1100. The van der Waals surface area contributed by atoms with E-state index in [1.807, 2.05) is 55.7 Å². The first-order valence-corrected chi connectivity index (χ1v) is 11.2. The average molecular weight is 457 g/mol. The summed E-state index contributed by atoms with van der Waals surface area (Å²) in [7, 11) is 0. The maximum atomic E-state index is 12.5. The summed E-state index contributed by atoms with van der Waals surface area (Å²) in [4.78, 5) is 12.5. The zero-order chi connectivity index (χ0) is 22.4. The van der Waals surface area contributed by atoms with Crippen LogP contribution in [0.4, 0.5) is 5.69 Å². The molecule has 0 saturated carbocycles. The maximum Gasteiger partial charge on any atom is 0.234 e. The number of aromatic nitrogens is 3. The molecule has 31 heavy (non-hydrogen) atoms. The lowest BCUT2D eigenvalue weighted by molar-refractivity contribution is -0.113. The SMILES string of the molecule is C=CCn1c(COc2ccc(Cl)c(C)c2)nnc1SCC(=O)Nc1cc(C)ccc1C. The van der Waals surface area contributed by atoms with E-state index >= 15 is 0 Å². The number of amides is 1. The molecular weight excluding hydrogens is 432 g/mol. The van der Waals surface area contributed by atoms with Crippen molar-refractivity contribution in [3.05, 3.63) is 76.6 Å². The highest BCUT2D eigenvalue weighted by Crippen LogP contribution is 2.23. The van der Waals surface area contributed by atoms with Crippen LogP contribution in [0.25, 0.3) is 0 Å². The Kier molecular flexibility index (Phi) is 7.76. The molecule has 0 atom stereocenters. The molecule has 0 aliphatic rings. The lowest BCUT2D eigenvalue weighted by atomic mass is 10.1. The Morgan fingerprint density at radius 1 is 1.19 bits per heavy atom. The van der Waals surface area contributed by atoms with E-state index in [0.29, 0.717) is 28.3 Å². The van der Waals surface area contributed by atoms with E-state index in [2.05, 4.69) is 22.1 Å². The number of hydrogen-bond donors (Lipinski definition) is 1. The molecule has 1 heterocycles. The number of thioether (sulfide) groups is 1. The lowest BCUT2D eigenvalue weighted by Crippen LogP contribution is -2.15. The Balaban J connectivity index is 1.64. The number of hydrogen-bond acceptors (Lipinski definition) is 5. The molecule has 8 heteroatoms. The minimum atomic E-state index is -0.0960. The molecule has 2 aromatic carbocycles. The first-order valence-electron chi connectivity index (χ1n) is 9.79. The molecule has 6 nitrogen and oxygen atoms in total. The van der Waals surface area contributed by atoms with Gasteiger partial charge in [-0.05, 0) is 61.7 Å². The van der Waals surface area contributed by atoms with Crippen molar-refractivity contribution < 1.29 is 9.53 Å². The fraction of sp³-hybridized carbons (Fsp3) is 0.261. The van der Waals surface area contributed by atoms with Gasteiger partial charge in [-0.25, -0.2) is 0 Å². The second kappa shape index (κ2) is 10.5. The molecule has 0 radical (unpaired) electrons. The predicted molar refractivity (Wildman–Crippen MR) is 126 cm³/mol. The van der Waals surface area contributed by atoms with E-state index in [0.717, 1.165) is 22.4 Å². The molecule has 0 spiro atoms. The number of nitrogens with zero attached hydrogens (tertiary/aromatic N) is 3. The largest absolute Gasteiger partial charge is 0.486 e. The van der Waals surface area contributed by atoms with Gasteiger partial charge in [-0.1, -0.05) is 41.6 Å². The molecule has 162 valence electrons. The summed E-state index contributed by atoms with van der Waals surface area (Å²) in [5.74, 6) is 1.49. The highest BCUT2D eigenvalue weighted by molar-refractivity contribution is 7.99. The standard InChI is InChI=1S/C23H25ClN4O2S/c1-5-10-28-21(13-30-18-8-9-19(24)17(4)12-18)26-27-23(28)31-14-22(29)25-20-11-15(2)6-7-16(20)3/h5-9,11-12H,1,10,13-14H2,2-4H3,(H,25,29). The van der Waals surface area contributed by atoms with Gasteiger partial charge in [0.1, 0.15) is 12.4 Å². The lowest BCUT2D eigenvalue weighted by Gasteiger charge is -2.11. The van der Waals surface area contributed by atoms with E-state index < -0.39 is 0 Å². The fourth-order valence-corrected chi connectivity index (χ4v) is 3.77. The highest BCUT2D eigenvalue weighted by Gasteiger charge is 2.15. The zero-order valence-corrected chi connectivity index (χ0v) is 19.4. The fourth-order valence-electron chi connectivity index (χ4n) is 2.89. The van der Waals surface area contributed by atoms with Crippen molar-refractivity contribution in [2.45, 2.75) is 39.1 Å². The Hall–Kier alpha value is -2.77. The molecule has 3 rings (SSSR count). The van der Waals surface area contributed by atoms with Crippen molar-refractivity contribution in [3.8, 4) is 5.75 Å². The van der Waals surface area contributed by atoms with E-state index in [1.54, 1.807) is 12.1 Å². The number of carbonyl (C=O) groups excluding carboxylic acids is 1. The molecule has 1 N–H and O–H groups in total. The minimum Gasteiger partial charge on any atom is -0.486 e. The van der Waals surface area contributed by atoms with Crippen LogP contribution in [0.15, 0.2) is 54.2 Å². The van der Waals surface area contributed by atoms with Gasteiger partial charge in [0, 0.05) is 17.3 Å². The van der Waals surface area contributed by atoms with Crippen molar-refractivity contribution in [1.82, 2.24) is 14.8 Å². The summed E-state index contributed by atoms with van der Waals surface area (Å²) in [6, 6.07) is 11.5. The molecular formula is C23H25ClN4O2S.